The van der Waals surface area contributed by atoms with E-state index in [1.54, 1.807) is 0 Å². The van der Waals surface area contributed by atoms with Crippen LogP contribution in [0.1, 0.15) is 6.92 Å². The fourth-order valence-electron chi connectivity index (χ4n) is 0.597. The van der Waals surface area contributed by atoms with Crippen molar-refractivity contribution < 1.29 is 0 Å². The lowest BCUT2D eigenvalue weighted by Crippen LogP contribution is -2.08. The Bertz CT molecular complexity index is 127. The lowest BCUT2D eigenvalue weighted by Gasteiger charge is -1.96. The summed E-state index contributed by atoms with van der Waals surface area (Å²) in [5, 5.41) is 3.59. The molecule has 0 atom stereocenters. The molecular formula is C7H12ClN. The molecule has 0 aromatic rings. The fourth-order valence-corrected chi connectivity index (χ4v) is 0.783. The van der Waals surface area contributed by atoms with Gasteiger partial charge in [0.25, 0.3) is 0 Å². The monoisotopic (exact) mass is 145 g/mol. The summed E-state index contributed by atoms with van der Waals surface area (Å²) in [6.07, 6.45) is 1.85. The number of rotatable bonds is 3. The average Bonchev–Trinajstić information content (AvgIpc) is 1.63. The number of hydrogen-bond donors (Lipinski definition) is 1. The summed E-state index contributed by atoms with van der Waals surface area (Å²) >= 11 is 5.51. The van der Waals surface area contributed by atoms with Crippen LogP contribution in [0.3, 0.4) is 0 Å². The van der Waals surface area contributed by atoms with Crippen LogP contribution in [0.15, 0.2) is 23.3 Å². The lowest BCUT2D eigenvalue weighted by molar-refractivity contribution is 0.880. The average molecular weight is 146 g/mol. The highest BCUT2D eigenvalue weighted by atomic mass is 35.5. The first-order valence-electron chi connectivity index (χ1n) is 2.83. The zero-order valence-electron chi connectivity index (χ0n) is 5.87. The quantitative estimate of drug-likeness (QED) is 0.599. The molecular weight excluding hydrogens is 134 g/mol. The van der Waals surface area contributed by atoms with Crippen molar-refractivity contribution in [1.29, 1.82) is 0 Å². The van der Waals surface area contributed by atoms with E-state index in [4.69, 9.17) is 11.6 Å². The number of nitrogens with one attached hydrogen (secondary N) is 1. The maximum Gasteiger partial charge on any atom is 0.0334 e. The van der Waals surface area contributed by atoms with Crippen LogP contribution in [0.5, 0.6) is 0 Å². The Morgan fingerprint density at radius 1 is 1.78 bits per heavy atom. The van der Waals surface area contributed by atoms with Crippen LogP contribution in [-0.4, -0.2) is 13.6 Å². The van der Waals surface area contributed by atoms with Crippen molar-refractivity contribution >= 4 is 11.6 Å². The third-order valence-electron chi connectivity index (χ3n) is 0.859. The van der Waals surface area contributed by atoms with Crippen molar-refractivity contribution in [2.45, 2.75) is 6.92 Å². The number of halogens is 1. The first-order chi connectivity index (χ1) is 4.16. The second-order valence-electron chi connectivity index (χ2n) is 1.97. The van der Waals surface area contributed by atoms with E-state index in [0.717, 1.165) is 6.54 Å². The molecule has 0 rings (SSSR count). The Morgan fingerprint density at radius 2 is 2.33 bits per heavy atom. The van der Waals surface area contributed by atoms with E-state index in [2.05, 4.69) is 11.9 Å². The van der Waals surface area contributed by atoms with Crippen LogP contribution in [-0.2, 0) is 0 Å². The molecule has 0 radical (unpaired) electrons. The molecule has 0 heterocycles. The van der Waals surface area contributed by atoms with Gasteiger partial charge in [-0.25, -0.2) is 0 Å². The molecule has 0 aromatic heterocycles. The Kier molecular flexibility index (Phi) is 4.46. The van der Waals surface area contributed by atoms with Gasteiger partial charge in [-0.15, -0.1) is 0 Å². The van der Waals surface area contributed by atoms with Gasteiger partial charge in [-0.1, -0.05) is 23.8 Å². The fraction of sp³-hybridized carbons (Fsp3) is 0.429. The van der Waals surface area contributed by atoms with E-state index in [-0.39, 0.29) is 0 Å². The maximum absolute atomic E-state index is 5.51. The molecule has 0 aliphatic rings. The van der Waals surface area contributed by atoms with Crippen LogP contribution in [0.25, 0.3) is 0 Å². The minimum Gasteiger partial charge on any atom is -0.316 e. The summed E-state index contributed by atoms with van der Waals surface area (Å²) in [7, 11) is 1.90. The molecule has 0 saturated heterocycles. The molecule has 0 spiro atoms. The largest absolute Gasteiger partial charge is 0.316 e. The molecule has 0 aliphatic carbocycles. The molecule has 0 saturated carbocycles. The topological polar surface area (TPSA) is 12.0 Å². The first kappa shape index (κ1) is 8.73. The van der Waals surface area contributed by atoms with Crippen LogP contribution in [0, 0.1) is 0 Å². The van der Waals surface area contributed by atoms with Gasteiger partial charge in [0.1, 0.15) is 0 Å². The lowest BCUT2D eigenvalue weighted by atomic mass is 10.3. The Labute approximate surface area is 61.4 Å². The van der Waals surface area contributed by atoms with Gasteiger partial charge < -0.3 is 5.32 Å². The summed E-state index contributed by atoms with van der Waals surface area (Å²) in [6, 6.07) is 0. The van der Waals surface area contributed by atoms with Crippen molar-refractivity contribution in [3.05, 3.63) is 23.3 Å². The Balaban J connectivity index is 3.69. The van der Waals surface area contributed by atoms with Crippen molar-refractivity contribution in [2.75, 3.05) is 13.6 Å². The molecule has 52 valence electrons. The highest BCUT2D eigenvalue weighted by Crippen LogP contribution is 2.02. The second kappa shape index (κ2) is 4.59. The van der Waals surface area contributed by atoms with Crippen molar-refractivity contribution in [3.8, 4) is 0 Å². The molecule has 0 bridgehead atoms. The van der Waals surface area contributed by atoms with Crippen LogP contribution in [0.2, 0.25) is 0 Å². The molecule has 1 nitrogen and oxygen atoms in total. The van der Waals surface area contributed by atoms with E-state index in [1.165, 1.54) is 5.57 Å². The van der Waals surface area contributed by atoms with E-state index < -0.39 is 0 Å². The number of hydrogen-bond acceptors (Lipinski definition) is 1. The molecule has 0 aliphatic heterocycles. The van der Waals surface area contributed by atoms with Crippen LogP contribution < -0.4 is 5.32 Å². The normalized spacial score (nSPS) is 11.7. The van der Waals surface area contributed by atoms with Gasteiger partial charge >= 0.3 is 0 Å². The van der Waals surface area contributed by atoms with Crippen LogP contribution in [0.4, 0.5) is 0 Å². The van der Waals surface area contributed by atoms with Crippen molar-refractivity contribution in [1.82, 2.24) is 5.32 Å². The van der Waals surface area contributed by atoms with E-state index in [1.807, 2.05) is 20.0 Å². The van der Waals surface area contributed by atoms with Crippen molar-refractivity contribution in [2.24, 2.45) is 0 Å². The van der Waals surface area contributed by atoms with Gasteiger partial charge in [-0.3, -0.25) is 0 Å². The predicted molar refractivity (Wildman–Crippen MR) is 42.7 cm³/mol. The van der Waals surface area contributed by atoms with Gasteiger partial charge in [0.15, 0.2) is 0 Å². The second-order valence-corrected chi connectivity index (χ2v) is 2.45. The summed E-state index contributed by atoms with van der Waals surface area (Å²) in [4.78, 5) is 0. The van der Waals surface area contributed by atoms with Gasteiger partial charge in [-0.05, 0) is 20.0 Å². The maximum atomic E-state index is 5.51. The van der Waals surface area contributed by atoms with Gasteiger partial charge in [0, 0.05) is 11.6 Å². The zero-order valence-corrected chi connectivity index (χ0v) is 6.63. The predicted octanol–water partition coefficient (Wildman–Crippen LogP) is 1.90. The molecule has 0 unspecified atom stereocenters. The third kappa shape index (κ3) is 5.60. The minimum atomic E-state index is 0.586. The summed E-state index contributed by atoms with van der Waals surface area (Å²) in [5.74, 6) is 0. The standard InChI is InChI=1S/C7H12ClN/c1-6(5-9-3)4-7(2)8/h4,9H,2,5H2,1,3H3/b6-4+. The Hall–Kier alpha value is -0.270. The smallest absolute Gasteiger partial charge is 0.0334 e. The van der Waals surface area contributed by atoms with Crippen LogP contribution >= 0.6 is 11.6 Å². The number of likely N-dealkylation sites (N-methyl/N-ethyl adjacent to an activating group) is 1. The summed E-state index contributed by atoms with van der Waals surface area (Å²) in [6.45, 7) is 6.41. The highest BCUT2D eigenvalue weighted by molar-refractivity contribution is 6.30. The molecule has 2 heteroatoms. The van der Waals surface area contributed by atoms with Gasteiger partial charge in [-0.2, -0.15) is 0 Å². The zero-order chi connectivity index (χ0) is 7.28. The van der Waals surface area contributed by atoms with E-state index >= 15 is 0 Å². The molecule has 0 amide bonds. The number of allylic oxidation sites excluding steroid dienone is 2. The summed E-state index contributed by atoms with van der Waals surface area (Å²) in [5.41, 5.74) is 1.19. The van der Waals surface area contributed by atoms with Gasteiger partial charge in [0.2, 0.25) is 0 Å². The first-order valence-corrected chi connectivity index (χ1v) is 3.20. The summed E-state index contributed by atoms with van der Waals surface area (Å²) < 4.78 is 0. The third-order valence-corrected chi connectivity index (χ3v) is 0.968. The molecule has 1 N–H and O–H groups in total. The van der Waals surface area contributed by atoms with E-state index in [0.29, 0.717) is 5.03 Å². The Morgan fingerprint density at radius 3 is 2.67 bits per heavy atom. The minimum absolute atomic E-state index is 0.586. The molecule has 9 heavy (non-hydrogen) atoms. The highest BCUT2D eigenvalue weighted by Gasteiger charge is 1.85. The molecule has 0 fully saturated rings. The van der Waals surface area contributed by atoms with Gasteiger partial charge in [0.05, 0.1) is 0 Å². The SMILES string of the molecule is C=C(Cl)/C=C(\C)CNC. The van der Waals surface area contributed by atoms with E-state index in [9.17, 15) is 0 Å². The van der Waals surface area contributed by atoms with Crippen molar-refractivity contribution in [3.63, 3.8) is 0 Å². The molecule has 0 aromatic carbocycles.